The van der Waals surface area contributed by atoms with Crippen LogP contribution >= 0.6 is 0 Å². The van der Waals surface area contributed by atoms with Crippen molar-refractivity contribution < 1.29 is 19.1 Å². The van der Waals surface area contributed by atoms with Crippen LogP contribution in [0.5, 0.6) is 0 Å². The number of carbonyl (C=O) groups excluding carboxylic acids is 3. The summed E-state index contributed by atoms with van der Waals surface area (Å²) in [4.78, 5) is 41.3. The number of hydrogen-bond acceptors (Lipinski definition) is 5. The van der Waals surface area contributed by atoms with E-state index in [1.165, 1.54) is 0 Å². The van der Waals surface area contributed by atoms with Crippen LogP contribution in [0.2, 0.25) is 0 Å². The van der Waals surface area contributed by atoms with E-state index in [1.54, 1.807) is 67.3 Å². The summed E-state index contributed by atoms with van der Waals surface area (Å²) in [5, 5.41) is 8.44. The predicted molar refractivity (Wildman–Crippen MR) is 130 cm³/mol. The van der Waals surface area contributed by atoms with Crippen LogP contribution < -0.4 is 16.0 Å². The largest absolute Gasteiger partial charge is 0.382 e. The van der Waals surface area contributed by atoms with Crippen molar-refractivity contribution in [1.29, 1.82) is 0 Å². The molecule has 3 amide bonds. The highest BCUT2D eigenvalue weighted by Gasteiger charge is 2.11. The maximum Gasteiger partial charge on any atom is 0.255 e. The predicted octanol–water partition coefficient (Wildman–Crippen LogP) is 3.32. The van der Waals surface area contributed by atoms with Gasteiger partial charge in [0.25, 0.3) is 11.8 Å². The van der Waals surface area contributed by atoms with E-state index >= 15 is 0 Å². The maximum atomic E-state index is 12.7. The van der Waals surface area contributed by atoms with Crippen LogP contribution in [0.1, 0.15) is 40.5 Å². The molecule has 9 nitrogen and oxygen atoms in total. The number of carbonyl (C=O) groups is 3. The van der Waals surface area contributed by atoms with Crippen molar-refractivity contribution in [3.63, 3.8) is 0 Å². The van der Waals surface area contributed by atoms with Crippen LogP contribution in [0.4, 0.5) is 11.4 Å². The number of hydrogen-bond donors (Lipinski definition) is 3. The zero-order valence-corrected chi connectivity index (χ0v) is 19.1. The van der Waals surface area contributed by atoms with Gasteiger partial charge in [-0.05, 0) is 49.7 Å². The van der Waals surface area contributed by atoms with Gasteiger partial charge in [0.05, 0.1) is 6.33 Å². The van der Waals surface area contributed by atoms with Gasteiger partial charge in [-0.25, -0.2) is 4.98 Å². The van der Waals surface area contributed by atoms with Gasteiger partial charge in [0.1, 0.15) is 0 Å². The number of ether oxygens (including phenoxy) is 1. The summed E-state index contributed by atoms with van der Waals surface area (Å²) in [5.74, 6) is -0.719. The first-order chi connectivity index (χ1) is 16.5. The summed E-state index contributed by atoms with van der Waals surface area (Å²) in [6, 6.07) is 13.4. The number of anilines is 2. The molecule has 3 aromatic rings. The van der Waals surface area contributed by atoms with Gasteiger partial charge < -0.3 is 25.3 Å². The maximum absolute atomic E-state index is 12.7. The number of aryl methyl sites for hydroxylation is 1. The lowest BCUT2D eigenvalue weighted by atomic mass is 10.1. The zero-order chi connectivity index (χ0) is 24.2. The molecule has 9 heteroatoms. The minimum atomic E-state index is -0.344. The van der Waals surface area contributed by atoms with Crippen LogP contribution in [-0.2, 0) is 16.1 Å². The van der Waals surface area contributed by atoms with E-state index < -0.39 is 0 Å². The zero-order valence-electron chi connectivity index (χ0n) is 19.1. The third-order valence-electron chi connectivity index (χ3n) is 4.90. The van der Waals surface area contributed by atoms with Gasteiger partial charge in [0.15, 0.2) is 0 Å². The van der Waals surface area contributed by atoms with Crippen molar-refractivity contribution in [2.45, 2.75) is 26.3 Å². The smallest absolute Gasteiger partial charge is 0.255 e. The highest BCUT2D eigenvalue weighted by molar-refractivity contribution is 6.06. The second-order valence-electron chi connectivity index (χ2n) is 7.52. The summed E-state index contributed by atoms with van der Waals surface area (Å²) in [7, 11) is 0. The number of benzene rings is 2. The number of nitrogens with one attached hydrogen (secondary N) is 3. The molecule has 0 bridgehead atoms. The molecule has 34 heavy (non-hydrogen) atoms. The monoisotopic (exact) mass is 463 g/mol. The third kappa shape index (κ3) is 7.86. The van der Waals surface area contributed by atoms with Gasteiger partial charge in [-0.1, -0.05) is 12.1 Å². The lowest BCUT2D eigenvalue weighted by Crippen LogP contribution is -2.25. The quantitative estimate of drug-likeness (QED) is 0.357. The van der Waals surface area contributed by atoms with Crippen molar-refractivity contribution in [2.75, 3.05) is 30.4 Å². The van der Waals surface area contributed by atoms with Gasteiger partial charge in [-0.15, -0.1) is 0 Å². The van der Waals surface area contributed by atoms with Crippen molar-refractivity contribution in [1.82, 2.24) is 14.9 Å². The number of nitrogens with zero attached hydrogens (tertiary/aromatic N) is 2. The van der Waals surface area contributed by atoms with E-state index in [4.69, 9.17) is 4.74 Å². The highest BCUT2D eigenvalue weighted by Crippen LogP contribution is 2.15. The average molecular weight is 464 g/mol. The van der Waals surface area contributed by atoms with E-state index in [-0.39, 0.29) is 24.1 Å². The second kappa shape index (κ2) is 12.9. The molecule has 0 saturated carbocycles. The Bertz CT molecular complexity index is 1100. The minimum Gasteiger partial charge on any atom is -0.382 e. The molecule has 3 N–H and O–H groups in total. The van der Waals surface area contributed by atoms with Crippen LogP contribution in [0.15, 0.2) is 67.3 Å². The molecule has 0 aliphatic heterocycles. The fraction of sp³-hybridized carbons (Fsp3) is 0.280. The first-order valence-corrected chi connectivity index (χ1v) is 11.2. The molecule has 0 spiro atoms. The minimum absolute atomic E-state index is 0.161. The van der Waals surface area contributed by atoms with Gasteiger partial charge in [-0.3, -0.25) is 14.4 Å². The SMILES string of the molecule is CCOCCCNC(=O)c1cccc(NC(=O)c2cccc(NC(=O)CCn3ccnc3)c2)c1. The Hall–Kier alpha value is -3.98. The summed E-state index contributed by atoms with van der Waals surface area (Å²) in [6.07, 6.45) is 6.12. The lowest BCUT2D eigenvalue weighted by molar-refractivity contribution is -0.116. The Labute approximate surface area is 198 Å². The molecule has 178 valence electrons. The Kier molecular flexibility index (Phi) is 9.36. The van der Waals surface area contributed by atoms with E-state index in [9.17, 15) is 14.4 Å². The van der Waals surface area contributed by atoms with E-state index in [1.807, 2.05) is 11.5 Å². The van der Waals surface area contributed by atoms with Crippen LogP contribution in [0.3, 0.4) is 0 Å². The molecule has 1 heterocycles. The van der Waals surface area contributed by atoms with Gasteiger partial charge in [0, 0.05) is 67.6 Å². The molecular weight excluding hydrogens is 434 g/mol. The number of amides is 3. The third-order valence-corrected chi connectivity index (χ3v) is 4.90. The second-order valence-corrected chi connectivity index (χ2v) is 7.52. The summed E-state index contributed by atoms with van der Waals surface area (Å²) in [6.45, 7) is 4.20. The highest BCUT2D eigenvalue weighted by atomic mass is 16.5. The number of rotatable bonds is 12. The molecule has 1 aromatic heterocycles. The van der Waals surface area contributed by atoms with Gasteiger partial charge >= 0.3 is 0 Å². The summed E-state index contributed by atoms with van der Waals surface area (Å²) < 4.78 is 7.08. The van der Waals surface area contributed by atoms with E-state index in [0.717, 1.165) is 6.42 Å². The fourth-order valence-corrected chi connectivity index (χ4v) is 3.18. The lowest BCUT2D eigenvalue weighted by Gasteiger charge is -2.10. The van der Waals surface area contributed by atoms with E-state index in [2.05, 4.69) is 20.9 Å². The van der Waals surface area contributed by atoms with Gasteiger partial charge in [-0.2, -0.15) is 0 Å². The van der Waals surface area contributed by atoms with Crippen molar-refractivity contribution in [3.8, 4) is 0 Å². The number of aromatic nitrogens is 2. The Morgan fingerprint density at radius 3 is 2.35 bits per heavy atom. The molecule has 0 aliphatic rings. The molecule has 0 radical (unpaired) electrons. The van der Waals surface area contributed by atoms with Crippen molar-refractivity contribution >= 4 is 29.1 Å². The molecule has 0 aliphatic carbocycles. The topological polar surface area (TPSA) is 114 Å². The first kappa shape index (κ1) is 24.7. The van der Waals surface area contributed by atoms with Crippen LogP contribution in [-0.4, -0.2) is 47.0 Å². The van der Waals surface area contributed by atoms with Gasteiger partial charge in [0.2, 0.25) is 5.91 Å². The Balaban J connectivity index is 1.53. The van der Waals surface area contributed by atoms with Crippen molar-refractivity contribution in [3.05, 3.63) is 78.4 Å². The van der Waals surface area contributed by atoms with Crippen LogP contribution in [0.25, 0.3) is 0 Å². The Morgan fingerprint density at radius 1 is 0.971 bits per heavy atom. The fourth-order valence-electron chi connectivity index (χ4n) is 3.18. The molecule has 0 unspecified atom stereocenters. The summed E-state index contributed by atoms with van der Waals surface area (Å²) in [5.41, 5.74) is 1.87. The molecule has 0 fully saturated rings. The summed E-state index contributed by atoms with van der Waals surface area (Å²) >= 11 is 0. The molecule has 2 aromatic carbocycles. The van der Waals surface area contributed by atoms with E-state index in [0.29, 0.717) is 48.8 Å². The standard InChI is InChI=1S/C25H29N5O4/c1-2-34-15-5-11-27-24(32)19-6-3-9-22(16-19)29-25(33)20-7-4-8-21(17-20)28-23(31)10-13-30-14-12-26-18-30/h3-4,6-9,12,14,16-18H,2,5,10-11,13,15H2,1H3,(H,27,32)(H,28,31)(H,29,33). The Morgan fingerprint density at radius 2 is 1.68 bits per heavy atom. The molecule has 0 saturated heterocycles. The molecule has 3 rings (SSSR count). The number of imidazole rings is 1. The normalized spacial score (nSPS) is 10.5. The molecular formula is C25H29N5O4. The molecule has 0 atom stereocenters. The first-order valence-electron chi connectivity index (χ1n) is 11.2. The van der Waals surface area contributed by atoms with Crippen LogP contribution in [0, 0.1) is 0 Å². The van der Waals surface area contributed by atoms with Crippen molar-refractivity contribution in [2.24, 2.45) is 0 Å². The average Bonchev–Trinajstić information content (AvgIpc) is 3.37.